The summed E-state index contributed by atoms with van der Waals surface area (Å²) in [5.74, 6) is -0.107. The lowest BCUT2D eigenvalue weighted by Gasteiger charge is -2.41. The summed E-state index contributed by atoms with van der Waals surface area (Å²) in [7, 11) is -1.91. The Morgan fingerprint density at radius 1 is 1.39 bits per heavy atom. The molecule has 0 amide bonds. The molecule has 1 N–H and O–H groups in total. The maximum absolute atomic E-state index is 12.3. The van der Waals surface area contributed by atoms with Gasteiger partial charge >= 0.3 is 5.97 Å². The van der Waals surface area contributed by atoms with E-state index in [1.165, 1.54) is 7.11 Å². The minimum atomic E-state index is -3.19. The van der Waals surface area contributed by atoms with Gasteiger partial charge in [0.2, 0.25) is 0 Å². The van der Waals surface area contributed by atoms with E-state index in [0.717, 1.165) is 25.7 Å². The first-order valence-electron chi connectivity index (χ1n) is 6.53. The summed E-state index contributed by atoms with van der Waals surface area (Å²) in [4.78, 5) is 11.5. The maximum Gasteiger partial charge on any atom is 0.323 e. The van der Waals surface area contributed by atoms with Gasteiger partial charge in [0.05, 0.1) is 18.1 Å². The van der Waals surface area contributed by atoms with Gasteiger partial charge in [0, 0.05) is 6.04 Å². The Kier molecular flexibility index (Phi) is 3.96. The number of nitrogens with one attached hydrogen (secondary N) is 1. The Labute approximate surface area is 108 Å². The summed E-state index contributed by atoms with van der Waals surface area (Å²) in [5.41, 5.74) is 0. The van der Waals surface area contributed by atoms with Gasteiger partial charge in [-0.3, -0.25) is 10.1 Å². The van der Waals surface area contributed by atoms with E-state index in [2.05, 4.69) is 17.0 Å². The quantitative estimate of drug-likeness (QED) is 0.743. The minimum absolute atomic E-state index is 0.0874. The highest BCUT2D eigenvalue weighted by Crippen LogP contribution is 2.34. The van der Waals surface area contributed by atoms with Crippen LogP contribution < -0.4 is 5.32 Å². The Morgan fingerprint density at radius 2 is 2.11 bits per heavy atom. The van der Waals surface area contributed by atoms with Gasteiger partial charge in [-0.2, -0.15) is 0 Å². The predicted octanol–water partition coefficient (Wildman–Crippen LogP) is 0.493. The number of carbonyl (C=O) groups excluding carboxylic acids is 1. The molecule has 0 aromatic rings. The second-order valence-electron chi connectivity index (χ2n) is 5.30. The predicted molar refractivity (Wildman–Crippen MR) is 67.9 cm³/mol. The van der Waals surface area contributed by atoms with E-state index in [0.29, 0.717) is 5.92 Å². The van der Waals surface area contributed by atoms with E-state index in [-0.39, 0.29) is 17.0 Å². The first-order valence-corrected chi connectivity index (χ1v) is 8.25. The summed E-state index contributed by atoms with van der Waals surface area (Å²) in [6.07, 6.45) is 3.62. The number of fused-ring (bicyclic) bond motifs is 1. The van der Waals surface area contributed by atoms with Crippen LogP contribution in [0.3, 0.4) is 0 Å². The van der Waals surface area contributed by atoms with Crippen molar-refractivity contribution in [3.05, 3.63) is 0 Å². The van der Waals surface area contributed by atoms with Crippen LogP contribution in [0.5, 0.6) is 0 Å². The summed E-state index contributed by atoms with van der Waals surface area (Å²) in [6.45, 7) is 2.10. The molecule has 0 radical (unpaired) electrons. The minimum Gasteiger partial charge on any atom is -0.468 e. The summed E-state index contributed by atoms with van der Waals surface area (Å²) >= 11 is 0. The van der Waals surface area contributed by atoms with E-state index in [1.54, 1.807) is 0 Å². The maximum atomic E-state index is 12.3. The molecule has 0 aromatic heterocycles. The van der Waals surface area contributed by atoms with Crippen LogP contribution in [0, 0.1) is 5.92 Å². The molecule has 2 fully saturated rings. The molecule has 1 heterocycles. The second-order valence-corrected chi connectivity index (χ2v) is 7.57. The standard InChI is InChI=1S/C12H21NO4S/c1-3-8-4-5-9-11(6-8)18(15,16)7-10(13-9)12(14)17-2/h8-11,13H,3-7H2,1-2H3. The van der Waals surface area contributed by atoms with Crippen molar-refractivity contribution in [2.45, 2.75) is 49.9 Å². The van der Waals surface area contributed by atoms with Crippen molar-refractivity contribution in [1.29, 1.82) is 0 Å². The number of sulfone groups is 1. The third-order valence-electron chi connectivity index (χ3n) is 4.24. The Bertz CT molecular complexity index is 420. The molecule has 18 heavy (non-hydrogen) atoms. The topological polar surface area (TPSA) is 72.5 Å². The molecule has 1 saturated heterocycles. The van der Waals surface area contributed by atoms with Crippen molar-refractivity contribution in [3.8, 4) is 0 Å². The summed E-state index contributed by atoms with van der Waals surface area (Å²) in [5, 5.41) is 2.83. The van der Waals surface area contributed by atoms with Crippen LogP contribution >= 0.6 is 0 Å². The summed E-state index contributed by atoms with van der Waals surface area (Å²) in [6, 6.07) is -0.782. The highest BCUT2D eigenvalue weighted by atomic mass is 32.2. The van der Waals surface area contributed by atoms with Gasteiger partial charge in [0.15, 0.2) is 9.84 Å². The van der Waals surface area contributed by atoms with Gasteiger partial charge < -0.3 is 4.74 Å². The third kappa shape index (κ3) is 2.54. The average molecular weight is 275 g/mol. The van der Waals surface area contributed by atoms with Gasteiger partial charge in [-0.05, 0) is 25.2 Å². The van der Waals surface area contributed by atoms with Crippen molar-refractivity contribution >= 4 is 15.8 Å². The second kappa shape index (κ2) is 5.17. The van der Waals surface area contributed by atoms with Crippen LogP contribution in [0.1, 0.15) is 32.6 Å². The van der Waals surface area contributed by atoms with E-state index < -0.39 is 21.8 Å². The highest BCUT2D eigenvalue weighted by Gasteiger charge is 2.46. The summed E-state index contributed by atoms with van der Waals surface area (Å²) < 4.78 is 29.2. The highest BCUT2D eigenvalue weighted by molar-refractivity contribution is 7.92. The molecular weight excluding hydrogens is 254 g/mol. The van der Waals surface area contributed by atoms with Crippen LogP contribution in [-0.2, 0) is 19.4 Å². The van der Waals surface area contributed by atoms with Gasteiger partial charge in [-0.25, -0.2) is 8.42 Å². The molecule has 2 rings (SSSR count). The van der Waals surface area contributed by atoms with Crippen molar-refractivity contribution < 1.29 is 17.9 Å². The number of carbonyl (C=O) groups is 1. The number of methoxy groups -OCH3 is 1. The molecule has 1 saturated carbocycles. The van der Waals surface area contributed by atoms with Gasteiger partial charge in [-0.1, -0.05) is 13.3 Å². The molecule has 6 heteroatoms. The van der Waals surface area contributed by atoms with Crippen molar-refractivity contribution in [2.24, 2.45) is 5.92 Å². The van der Waals surface area contributed by atoms with Crippen LogP contribution in [0.4, 0.5) is 0 Å². The third-order valence-corrected chi connectivity index (χ3v) is 6.48. The molecule has 104 valence electrons. The molecule has 2 aliphatic rings. The number of hydrogen-bond acceptors (Lipinski definition) is 5. The fraction of sp³-hybridized carbons (Fsp3) is 0.917. The van der Waals surface area contributed by atoms with E-state index in [4.69, 9.17) is 0 Å². The lowest BCUT2D eigenvalue weighted by molar-refractivity contribution is -0.143. The number of rotatable bonds is 2. The fourth-order valence-corrected chi connectivity index (χ4v) is 5.34. The number of esters is 1. The fourth-order valence-electron chi connectivity index (χ4n) is 3.11. The molecule has 4 unspecified atom stereocenters. The molecular formula is C12H21NO4S. The van der Waals surface area contributed by atoms with Crippen LogP contribution in [0.25, 0.3) is 0 Å². The van der Waals surface area contributed by atoms with Crippen molar-refractivity contribution in [1.82, 2.24) is 5.32 Å². The Hall–Kier alpha value is -0.620. The molecule has 1 aliphatic heterocycles. The van der Waals surface area contributed by atoms with E-state index in [9.17, 15) is 13.2 Å². The Balaban J connectivity index is 2.16. The smallest absolute Gasteiger partial charge is 0.323 e. The van der Waals surface area contributed by atoms with Crippen molar-refractivity contribution in [2.75, 3.05) is 12.9 Å². The first kappa shape index (κ1) is 13.8. The lowest BCUT2D eigenvalue weighted by atomic mass is 9.83. The van der Waals surface area contributed by atoms with E-state index in [1.807, 2.05) is 0 Å². The van der Waals surface area contributed by atoms with E-state index >= 15 is 0 Å². The zero-order valence-corrected chi connectivity index (χ0v) is 11.7. The molecule has 0 bridgehead atoms. The zero-order chi connectivity index (χ0) is 13.3. The van der Waals surface area contributed by atoms with Crippen LogP contribution in [0.15, 0.2) is 0 Å². The van der Waals surface area contributed by atoms with Crippen LogP contribution in [-0.4, -0.2) is 44.6 Å². The normalized spacial score (nSPS) is 38.8. The first-order chi connectivity index (χ1) is 8.47. The van der Waals surface area contributed by atoms with Gasteiger partial charge in [0.25, 0.3) is 0 Å². The molecule has 0 aromatic carbocycles. The monoisotopic (exact) mass is 275 g/mol. The number of hydrogen-bond donors (Lipinski definition) is 1. The molecule has 0 spiro atoms. The zero-order valence-electron chi connectivity index (χ0n) is 10.9. The van der Waals surface area contributed by atoms with Crippen molar-refractivity contribution in [3.63, 3.8) is 0 Å². The van der Waals surface area contributed by atoms with Gasteiger partial charge in [0.1, 0.15) is 6.04 Å². The molecule has 5 nitrogen and oxygen atoms in total. The SMILES string of the molecule is CCC1CCC2NC(C(=O)OC)CS(=O)(=O)C2C1. The number of ether oxygens (including phenoxy) is 1. The van der Waals surface area contributed by atoms with Gasteiger partial charge in [-0.15, -0.1) is 0 Å². The largest absolute Gasteiger partial charge is 0.468 e. The Morgan fingerprint density at radius 3 is 2.72 bits per heavy atom. The van der Waals surface area contributed by atoms with Crippen LogP contribution in [0.2, 0.25) is 0 Å². The molecule has 1 aliphatic carbocycles. The molecule has 4 atom stereocenters. The lowest BCUT2D eigenvalue weighted by Crippen LogP contribution is -2.61. The average Bonchev–Trinajstić information content (AvgIpc) is 2.36.